The van der Waals surface area contributed by atoms with Crippen LogP contribution in [0.5, 0.6) is 0 Å². The van der Waals surface area contributed by atoms with Crippen LogP contribution < -0.4 is 0 Å². The van der Waals surface area contributed by atoms with E-state index in [1.54, 1.807) is 22.7 Å². The first kappa shape index (κ1) is 12.3. The van der Waals surface area contributed by atoms with E-state index in [1.807, 2.05) is 35.0 Å². The maximum absolute atomic E-state index is 6.02. The molecule has 2 atom stereocenters. The van der Waals surface area contributed by atoms with E-state index in [1.165, 1.54) is 9.75 Å². The van der Waals surface area contributed by atoms with Gasteiger partial charge in [-0.3, -0.25) is 0 Å². The molecule has 0 amide bonds. The molecule has 0 aliphatic carbocycles. The van der Waals surface area contributed by atoms with Gasteiger partial charge >= 0.3 is 0 Å². The summed E-state index contributed by atoms with van der Waals surface area (Å²) < 4.78 is 6.02. The lowest BCUT2D eigenvalue weighted by atomic mass is 10.2. The van der Waals surface area contributed by atoms with Gasteiger partial charge in [-0.1, -0.05) is 24.3 Å². The molecule has 0 saturated heterocycles. The second kappa shape index (κ2) is 5.96. The third-order valence-electron chi connectivity index (χ3n) is 2.37. The third kappa shape index (κ3) is 2.94. The van der Waals surface area contributed by atoms with Crippen molar-refractivity contribution in [3.05, 3.63) is 70.1 Å². The summed E-state index contributed by atoms with van der Waals surface area (Å²) in [4.78, 5) is 2.34. The van der Waals surface area contributed by atoms with E-state index in [9.17, 15) is 0 Å². The molecule has 0 bridgehead atoms. The van der Waals surface area contributed by atoms with E-state index in [0.29, 0.717) is 0 Å². The summed E-state index contributed by atoms with van der Waals surface area (Å²) >= 11 is 3.36. The topological polar surface area (TPSA) is 9.23 Å². The zero-order valence-electron chi connectivity index (χ0n) is 9.41. The van der Waals surface area contributed by atoms with Gasteiger partial charge in [0, 0.05) is 9.75 Å². The van der Waals surface area contributed by atoms with Gasteiger partial charge < -0.3 is 4.74 Å². The Morgan fingerprint density at radius 1 is 0.941 bits per heavy atom. The number of ether oxygens (including phenoxy) is 1. The molecule has 2 heterocycles. The summed E-state index contributed by atoms with van der Waals surface area (Å²) in [6.45, 7) is 7.67. The molecule has 3 heteroatoms. The predicted octanol–water partition coefficient (Wildman–Crippen LogP) is 4.98. The fraction of sp³-hybridized carbons (Fsp3) is 0.143. The summed E-state index contributed by atoms with van der Waals surface area (Å²) in [7, 11) is 0. The van der Waals surface area contributed by atoms with Crippen molar-refractivity contribution in [1.29, 1.82) is 0 Å². The van der Waals surface area contributed by atoms with Crippen LogP contribution in [-0.2, 0) is 4.74 Å². The van der Waals surface area contributed by atoms with Crippen LogP contribution in [-0.4, -0.2) is 0 Å². The quantitative estimate of drug-likeness (QED) is 0.667. The molecule has 2 rings (SSSR count). The molecule has 0 aliphatic rings. The van der Waals surface area contributed by atoms with E-state index in [2.05, 4.69) is 25.3 Å². The van der Waals surface area contributed by atoms with Crippen LogP contribution in [0.4, 0.5) is 0 Å². The first-order valence-electron chi connectivity index (χ1n) is 5.32. The fourth-order valence-electron chi connectivity index (χ4n) is 1.54. The fourth-order valence-corrected chi connectivity index (χ4v) is 3.06. The van der Waals surface area contributed by atoms with Crippen LogP contribution in [0, 0.1) is 0 Å². The highest BCUT2D eigenvalue weighted by molar-refractivity contribution is 7.10. The van der Waals surface area contributed by atoms with Crippen LogP contribution in [0.25, 0.3) is 0 Å². The second-order valence-corrected chi connectivity index (χ2v) is 5.44. The van der Waals surface area contributed by atoms with Crippen molar-refractivity contribution in [3.63, 3.8) is 0 Å². The van der Waals surface area contributed by atoms with Crippen LogP contribution in [0.15, 0.2) is 60.3 Å². The summed E-state index contributed by atoms with van der Waals surface area (Å²) in [5.74, 6) is 0. The lowest BCUT2D eigenvalue weighted by Crippen LogP contribution is -2.04. The van der Waals surface area contributed by atoms with Gasteiger partial charge in [0.05, 0.1) is 0 Å². The van der Waals surface area contributed by atoms with Crippen molar-refractivity contribution in [2.75, 3.05) is 0 Å². The Labute approximate surface area is 110 Å². The van der Waals surface area contributed by atoms with Crippen molar-refractivity contribution in [1.82, 2.24) is 0 Å². The number of hydrogen-bond acceptors (Lipinski definition) is 3. The van der Waals surface area contributed by atoms with E-state index in [4.69, 9.17) is 4.74 Å². The number of thiophene rings is 2. The van der Waals surface area contributed by atoms with Crippen LogP contribution in [0.1, 0.15) is 22.0 Å². The van der Waals surface area contributed by atoms with Gasteiger partial charge in [0.25, 0.3) is 0 Å². The molecule has 0 aromatic carbocycles. The van der Waals surface area contributed by atoms with Crippen molar-refractivity contribution in [2.24, 2.45) is 0 Å². The molecule has 2 aromatic heterocycles. The molecule has 2 aromatic rings. The molecule has 17 heavy (non-hydrogen) atoms. The molecule has 0 saturated carbocycles. The Hall–Kier alpha value is -1.16. The maximum Gasteiger partial charge on any atom is 0.111 e. The SMILES string of the molecule is C=CC(OC(C=C)c1cccs1)c1cccs1. The van der Waals surface area contributed by atoms with Gasteiger partial charge in [-0.2, -0.15) is 0 Å². The highest BCUT2D eigenvalue weighted by Crippen LogP contribution is 2.32. The van der Waals surface area contributed by atoms with E-state index in [-0.39, 0.29) is 12.2 Å². The van der Waals surface area contributed by atoms with E-state index >= 15 is 0 Å². The summed E-state index contributed by atoms with van der Waals surface area (Å²) in [5.41, 5.74) is 0. The molecule has 2 unspecified atom stereocenters. The van der Waals surface area contributed by atoms with Gasteiger partial charge in [-0.05, 0) is 22.9 Å². The van der Waals surface area contributed by atoms with Crippen molar-refractivity contribution in [2.45, 2.75) is 12.2 Å². The highest BCUT2D eigenvalue weighted by atomic mass is 32.1. The smallest absolute Gasteiger partial charge is 0.111 e. The van der Waals surface area contributed by atoms with Gasteiger partial charge in [0.2, 0.25) is 0 Å². The monoisotopic (exact) mass is 262 g/mol. The summed E-state index contributed by atoms with van der Waals surface area (Å²) in [5, 5.41) is 4.09. The Morgan fingerprint density at radius 3 is 1.71 bits per heavy atom. The van der Waals surface area contributed by atoms with Gasteiger partial charge in [0.1, 0.15) is 12.2 Å². The van der Waals surface area contributed by atoms with Gasteiger partial charge in [-0.15, -0.1) is 35.8 Å². The van der Waals surface area contributed by atoms with Crippen LogP contribution in [0.2, 0.25) is 0 Å². The highest BCUT2D eigenvalue weighted by Gasteiger charge is 2.16. The van der Waals surface area contributed by atoms with Gasteiger partial charge in [-0.25, -0.2) is 0 Å². The first-order chi connectivity index (χ1) is 8.35. The molecular formula is C14H14OS2. The zero-order valence-corrected chi connectivity index (χ0v) is 11.0. The minimum atomic E-state index is -0.0694. The molecule has 0 radical (unpaired) electrons. The Balaban J connectivity index is 2.12. The zero-order chi connectivity index (χ0) is 12.1. The largest absolute Gasteiger partial charge is 0.356 e. The van der Waals surface area contributed by atoms with E-state index < -0.39 is 0 Å². The van der Waals surface area contributed by atoms with Crippen molar-refractivity contribution < 1.29 is 4.74 Å². The predicted molar refractivity (Wildman–Crippen MR) is 75.6 cm³/mol. The molecule has 0 fully saturated rings. The summed E-state index contributed by atoms with van der Waals surface area (Å²) in [6, 6.07) is 8.17. The molecule has 88 valence electrons. The average Bonchev–Trinajstić information content (AvgIpc) is 3.03. The molecule has 0 N–H and O–H groups in total. The third-order valence-corrected chi connectivity index (χ3v) is 4.24. The Morgan fingerprint density at radius 2 is 1.41 bits per heavy atom. The van der Waals surface area contributed by atoms with Crippen LogP contribution >= 0.6 is 22.7 Å². The minimum absolute atomic E-state index is 0.0694. The van der Waals surface area contributed by atoms with Gasteiger partial charge in [0.15, 0.2) is 0 Å². The normalized spacial score (nSPS) is 14.1. The standard InChI is InChI=1S/C14H14OS2/c1-3-11(13-7-5-9-16-13)15-12(4-2)14-8-6-10-17-14/h3-12H,1-2H2. The minimum Gasteiger partial charge on any atom is -0.356 e. The Bertz CT molecular complexity index is 412. The van der Waals surface area contributed by atoms with Crippen molar-refractivity contribution >= 4 is 22.7 Å². The lowest BCUT2D eigenvalue weighted by Gasteiger charge is -2.18. The van der Waals surface area contributed by atoms with Crippen molar-refractivity contribution in [3.8, 4) is 0 Å². The number of rotatable bonds is 6. The Kier molecular flexibility index (Phi) is 4.31. The average molecular weight is 262 g/mol. The second-order valence-electron chi connectivity index (χ2n) is 3.48. The first-order valence-corrected chi connectivity index (χ1v) is 7.08. The van der Waals surface area contributed by atoms with Crippen LogP contribution in [0.3, 0.4) is 0 Å². The number of hydrogen-bond donors (Lipinski definition) is 0. The lowest BCUT2D eigenvalue weighted by molar-refractivity contribution is 0.0443. The molecule has 0 spiro atoms. The van der Waals surface area contributed by atoms with E-state index in [0.717, 1.165) is 0 Å². The summed E-state index contributed by atoms with van der Waals surface area (Å²) in [6.07, 6.45) is 3.52. The molecule has 1 nitrogen and oxygen atoms in total. The maximum atomic E-state index is 6.02. The molecular weight excluding hydrogens is 248 g/mol. The molecule has 0 aliphatic heterocycles.